The number of hydrogen-bond acceptors (Lipinski definition) is 4. The van der Waals surface area contributed by atoms with Crippen LogP contribution in [0, 0.1) is 19.3 Å². The van der Waals surface area contributed by atoms with Gasteiger partial charge < -0.3 is 19.5 Å². The number of carboxylic acid groups (broad SMARTS) is 1. The van der Waals surface area contributed by atoms with Crippen molar-refractivity contribution in [3.05, 3.63) is 59.2 Å². The zero-order valence-electron chi connectivity index (χ0n) is 16.4. The molecule has 6 nitrogen and oxygen atoms in total. The van der Waals surface area contributed by atoms with Crippen LogP contribution in [-0.2, 0) is 20.9 Å². The van der Waals surface area contributed by atoms with Crippen LogP contribution in [0.1, 0.15) is 23.1 Å². The summed E-state index contributed by atoms with van der Waals surface area (Å²) in [5.74, 6) is -0.450. The molecule has 2 aromatic rings. The average molecular weight is 383 g/mol. The highest BCUT2D eigenvalue weighted by Gasteiger charge is 2.50. The number of amides is 1. The number of aliphatic carboxylic acids is 1. The maximum atomic E-state index is 12.7. The summed E-state index contributed by atoms with van der Waals surface area (Å²) >= 11 is 0. The predicted molar refractivity (Wildman–Crippen MR) is 106 cm³/mol. The fourth-order valence-electron chi connectivity index (χ4n) is 3.65. The van der Waals surface area contributed by atoms with E-state index in [1.165, 1.54) is 0 Å². The van der Waals surface area contributed by atoms with Crippen LogP contribution in [0.5, 0.6) is 5.75 Å². The second-order valence-electron chi connectivity index (χ2n) is 7.32. The molecule has 1 aliphatic rings. The number of carbonyl (C=O) groups is 2. The van der Waals surface area contributed by atoms with Crippen LogP contribution < -0.4 is 9.64 Å². The minimum Gasteiger partial charge on any atom is -0.497 e. The van der Waals surface area contributed by atoms with Crippen molar-refractivity contribution in [2.45, 2.75) is 26.9 Å². The standard InChI is InChI=1S/C22H25NO5/c1-15-5-4-6-16(2)20(15)23-13-22(21(25)26,11-19(23)24)14-28-12-17-7-9-18(27-3)10-8-17/h4-10H,11-14H2,1-3H3,(H,25,26). The number of rotatable bonds is 7. The van der Waals surface area contributed by atoms with Crippen LogP contribution in [0.15, 0.2) is 42.5 Å². The van der Waals surface area contributed by atoms with Gasteiger partial charge in [0.2, 0.25) is 5.91 Å². The lowest BCUT2D eigenvalue weighted by Gasteiger charge is -2.26. The Bertz CT molecular complexity index is 857. The van der Waals surface area contributed by atoms with Crippen LogP contribution >= 0.6 is 0 Å². The summed E-state index contributed by atoms with van der Waals surface area (Å²) in [5.41, 5.74) is 2.36. The Morgan fingerprint density at radius 2 is 1.79 bits per heavy atom. The second kappa shape index (κ2) is 8.02. The fourth-order valence-corrected chi connectivity index (χ4v) is 3.65. The highest BCUT2D eigenvalue weighted by molar-refractivity contribution is 6.02. The number of methoxy groups -OCH3 is 1. The van der Waals surface area contributed by atoms with Gasteiger partial charge in [-0.15, -0.1) is 0 Å². The number of carboxylic acids is 1. The number of benzene rings is 2. The lowest BCUT2D eigenvalue weighted by molar-refractivity contribution is -0.152. The Hall–Kier alpha value is -2.86. The molecule has 3 rings (SSSR count). The van der Waals surface area contributed by atoms with Gasteiger partial charge in [-0.1, -0.05) is 30.3 Å². The summed E-state index contributed by atoms with van der Waals surface area (Å²) in [5, 5.41) is 9.87. The van der Waals surface area contributed by atoms with Gasteiger partial charge in [-0.3, -0.25) is 9.59 Å². The van der Waals surface area contributed by atoms with Gasteiger partial charge in [0.25, 0.3) is 0 Å². The maximum Gasteiger partial charge on any atom is 0.314 e. The van der Waals surface area contributed by atoms with E-state index >= 15 is 0 Å². The van der Waals surface area contributed by atoms with E-state index in [1.54, 1.807) is 12.0 Å². The van der Waals surface area contributed by atoms with Crippen molar-refractivity contribution < 1.29 is 24.2 Å². The van der Waals surface area contributed by atoms with Gasteiger partial charge in [-0.05, 0) is 42.7 Å². The number of hydrogen-bond donors (Lipinski definition) is 1. The van der Waals surface area contributed by atoms with Gasteiger partial charge in [0, 0.05) is 18.7 Å². The highest BCUT2D eigenvalue weighted by atomic mass is 16.5. The molecule has 1 saturated heterocycles. The van der Waals surface area contributed by atoms with E-state index in [4.69, 9.17) is 9.47 Å². The molecular formula is C22H25NO5. The van der Waals surface area contributed by atoms with Crippen molar-refractivity contribution >= 4 is 17.6 Å². The Morgan fingerprint density at radius 3 is 2.36 bits per heavy atom. The predicted octanol–water partition coefficient (Wildman–Crippen LogP) is 3.34. The molecule has 0 spiro atoms. The van der Waals surface area contributed by atoms with E-state index < -0.39 is 11.4 Å². The maximum absolute atomic E-state index is 12.7. The molecule has 0 bridgehead atoms. The van der Waals surface area contributed by atoms with Crippen LogP contribution in [0.2, 0.25) is 0 Å². The van der Waals surface area contributed by atoms with E-state index in [1.807, 2.05) is 56.3 Å². The first-order chi connectivity index (χ1) is 13.4. The summed E-state index contributed by atoms with van der Waals surface area (Å²) in [6.07, 6.45) is -0.0707. The van der Waals surface area contributed by atoms with Crippen molar-refractivity contribution in [2.24, 2.45) is 5.41 Å². The minimum absolute atomic E-state index is 0.0263. The lowest BCUT2D eigenvalue weighted by atomic mass is 9.88. The van der Waals surface area contributed by atoms with Crippen molar-refractivity contribution in [3.63, 3.8) is 0 Å². The number of carbonyl (C=O) groups excluding carboxylic acids is 1. The van der Waals surface area contributed by atoms with Crippen molar-refractivity contribution in [1.29, 1.82) is 0 Å². The van der Waals surface area contributed by atoms with Crippen LogP contribution in [0.4, 0.5) is 5.69 Å². The normalized spacial score (nSPS) is 19.1. The molecule has 1 heterocycles. The topological polar surface area (TPSA) is 76.1 Å². The Morgan fingerprint density at radius 1 is 1.14 bits per heavy atom. The molecule has 1 atom stereocenters. The molecule has 148 valence electrons. The molecule has 2 aromatic carbocycles. The summed E-state index contributed by atoms with van der Waals surface area (Å²) in [6, 6.07) is 13.2. The summed E-state index contributed by atoms with van der Waals surface area (Å²) in [6.45, 7) is 4.21. The average Bonchev–Trinajstić information content (AvgIpc) is 3.00. The number of para-hydroxylation sites is 1. The third-order valence-electron chi connectivity index (χ3n) is 5.22. The molecule has 6 heteroatoms. The molecule has 1 N–H and O–H groups in total. The van der Waals surface area contributed by atoms with Gasteiger partial charge in [0.05, 0.1) is 20.3 Å². The first-order valence-electron chi connectivity index (χ1n) is 9.17. The van der Waals surface area contributed by atoms with Gasteiger partial charge in [0.1, 0.15) is 11.2 Å². The van der Waals surface area contributed by atoms with Crippen LogP contribution in [0.25, 0.3) is 0 Å². The summed E-state index contributed by atoms with van der Waals surface area (Å²) < 4.78 is 10.9. The molecule has 1 aliphatic heterocycles. The summed E-state index contributed by atoms with van der Waals surface area (Å²) in [7, 11) is 1.60. The first kappa shape index (κ1) is 19.9. The third kappa shape index (κ3) is 3.87. The molecular weight excluding hydrogens is 358 g/mol. The number of aryl methyl sites for hydroxylation is 2. The molecule has 1 unspecified atom stereocenters. The van der Waals surface area contributed by atoms with Crippen LogP contribution in [0.3, 0.4) is 0 Å². The molecule has 0 radical (unpaired) electrons. The Balaban J connectivity index is 1.73. The Labute approximate surface area is 164 Å². The van der Waals surface area contributed by atoms with Crippen molar-refractivity contribution in [3.8, 4) is 5.75 Å². The number of ether oxygens (including phenoxy) is 2. The molecule has 0 aromatic heterocycles. The molecule has 0 saturated carbocycles. The van der Waals surface area contributed by atoms with Gasteiger partial charge in [-0.25, -0.2) is 0 Å². The minimum atomic E-state index is -1.25. The second-order valence-corrected chi connectivity index (χ2v) is 7.32. The van der Waals surface area contributed by atoms with Gasteiger partial charge in [-0.2, -0.15) is 0 Å². The van der Waals surface area contributed by atoms with E-state index in [0.29, 0.717) is 0 Å². The smallest absolute Gasteiger partial charge is 0.314 e. The zero-order valence-corrected chi connectivity index (χ0v) is 16.4. The summed E-state index contributed by atoms with van der Waals surface area (Å²) in [4.78, 5) is 26.4. The fraction of sp³-hybridized carbons (Fsp3) is 0.364. The monoisotopic (exact) mass is 383 g/mol. The lowest BCUT2D eigenvalue weighted by Crippen LogP contribution is -2.39. The highest BCUT2D eigenvalue weighted by Crippen LogP contribution is 2.38. The number of anilines is 1. The largest absolute Gasteiger partial charge is 0.497 e. The van der Waals surface area contributed by atoms with E-state index in [-0.39, 0.29) is 32.1 Å². The van der Waals surface area contributed by atoms with Crippen LogP contribution in [-0.4, -0.2) is 37.2 Å². The van der Waals surface area contributed by atoms with Crippen molar-refractivity contribution in [2.75, 3.05) is 25.2 Å². The molecule has 0 aliphatic carbocycles. The third-order valence-corrected chi connectivity index (χ3v) is 5.22. The number of nitrogens with zero attached hydrogens (tertiary/aromatic N) is 1. The first-order valence-corrected chi connectivity index (χ1v) is 9.17. The van der Waals surface area contributed by atoms with Gasteiger partial charge in [0.15, 0.2) is 0 Å². The van der Waals surface area contributed by atoms with E-state index in [0.717, 1.165) is 28.1 Å². The molecule has 28 heavy (non-hydrogen) atoms. The SMILES string of the molecule is COc1ccc(COCC2(C(=O)O)CC(=O)N(c3c(C)cccc3C)C2)cc1. The Kier molecular flexibility index (Phi) is 5.70. The molecule has 1 fully saturated rings. The van der Waals surface area contributed by atoms with Crippen molar-refractivity contribution in [1.82, 2.24) is 0 Å². The zero-order chi connectivity index (χ0) is 20.3. The van der Waals surface area contributed by atoms with E-state index in [2.05, 4.69) is 0 Å². The van der Waals surface area contributed by atoms with Gasteiger partial charge >= 0.3 is 5.97 Å². The molecule has 1 amide bonds. The quantitative estimate of drug-likeness (QED) is 0.794. The van der Waals surface area contributed by atoms with E-state index in [9.17, 15) is 14.7 Å².